The van der Waals surface area contributed by atoms with Gasteiger partial charge in [0.2, 0.25) is 0 Å². The van der Waals surface area contributed by atoms with Gasteiger partial charge in [-0.3, -0.25) is 9.48 Å². The highest BCUT2D eigenvalue weighted by molar-refractivity contribution is 5.85. The quantitative estimate of drug-likeness (QED) is 0.862. The number of ether oxygens (including phenoxy) is 1. The third-order valence-electron chi connectivity index (χ3n) is 5.49. The Balaban J connectivity index is 0.00000208. The van der Waals surface area contributed by atoms with Crippen LogP contribution in [0.5, 0.6) is 5.75 Å². The van der Waals surface area contributed by atoms with Crippen molar-refractivity contribution in [3.8, 4) is 5.75 Å². The van der Waals surface area contributed by atoms with Crippen LogP contribution in [0.2, 0.25) is 0 Å². The van der Waals surface area contributed by atoms with Crippen LogP contribution in [-0.2, 0) is 11.8 Å². The van der Waals surface area contributed by atoms with Crippen LogP contribution < -0.4 is 15.8 Å². The monoisotopic (exact) mass is 356 g/mol. The van der Waals surface area contributed by atoms with Crippen molar-refractivity contribution < 1.29 is 9.53 Å². The summed E-state index contributed by atoms with van der Waals surface area (Å²) in [6.07, 6.45) is 5.68. The number of nitrogens with zero attached hydrogens (tertiary/aromatic N) is 2. The zero-order valence-corrected chi connectivity index (χ0v) is 15.6. The molecule has 7 heteroatoms. The number of rotatable bonds is 4. The number of halogens is 1. The summed E-state index contributed by atoms with van der Waals surface area (Å²) in [5.74, 6) is 1.74. The summed E-state index contributed by atoms with van der Waals surface area (Å²) in [4.78, 5) is 12.3. The maximum absolute atomic E-state index is 12.3. The van der Waals surface area contributed by atoms with Crippen LogP contribution in [0.1, 0.15) is 43.5 Å². The highest BCUT2D eigenvalue weighted by atomic mass is 35.5. The van der Waals surface area contributed by atoms with Crippen molar-refractivity contribution in [3.63, 3.8) is 0 Å². The van der Waals surface area contributed by atoms with Gasteiger partial charge in [0.25, 0.3) is 5.91 Å². The molecule has 2 unspecified atom stereocenters. The zero-order valence-electron chi connectivity index (χ0n) is 14.7. The third kappa shape index (κ3) is 3.86. The first-order valence-electron chi connectivity index (χ1n) is 8.63. The summed E-state index contributed by atoms with van der Waals surface area (Å²) in [5, 5.41) is 7.52. The van der Waals surface area contributed by atoms with E-state index in [1.54, 1.807) is 4.68 Å². The molecule has 1 amide bonds. The van der Waals surface area contributed by atoms with Crippen LogP contribution in [0.3, 0.4) is 0 Å². The number of nitrogens with two attached hydrogens (primary N) is 1. The Morgan fingerprint density at radius 3 is 2.50 bits per heavy atom. The van der Waals surface area contributed by atoms with E-state index in [-0.39, 0.29) is 31.0 Å². The molecule has 136 valence electrons. The van der Waals surface area contributed by atoms with E-state index in [4.69, 9.17) is 10.5 Å². The van der Waals surface area contributed by atoms with Crippen molar-refractivity contribution in [3.05, 3.63) is 11.4 Å². The van der Waals surface area contributed by atoms with E-state index >= 15 is 0 Å². The van der Waals surface area contributed by atoms with Crippen molar-refractivity contribution >= 4 is 18.3 Å². The number of fused-ring (bicyclic) bond motifs is 2. The second kappa shape index (κ2) is 7.74. The molecule has 0 aliphatic heterocycles. The number of hydrogen-bond donors (Lipinski definition) is 2. The molecule has 6 nitrogen and oxygen atoms in total. The number of nitrogens with one attached hydrogen (secondary N) is 1. The molecule has 2 bridgehead atoms. The minimum atomic E-state index is -0.0370. The van der Waals surface area contributed by atoms with Gasteiger partial charge in [-0.05, 0) is 51.4 Å². The molecule has 0 spiro atoms. The topological polar surface area (TPSA) is 82.2 Å². The second-order valence-electron chi connectivity index (χ2n) is 7.19. The highest BCUT2D eigenvalue weighted by Crippen LogP contribution is 2.39. The summed E-state index contributed by atoms with van der Waals surface area (Å²) in [6.45, 7) is 3.89. The maximum Gasteiger partial charge on any atom is 0.258 e. The predicted molar refractivity (Wildman–Crippen MR) is 95.4 cm³/mol. The van der Waals surface area contributed by atoms with Gasteiger partial charge in [-0.1, -0.05) is 6.42 Å². The Hall–Kier alpha value is -1.27. The molecule has 24 heavy (non-hydrogen) atoms. The van der Waals surface area contributed by atoms with Gasteiger partial charge in [0.1, 0.15) is 5.69 Å². The fourth-order valence-electron chi connectivity index (χ4n) is 4.35. The Kier molecular flexibility index (Phi) is 6.15. The molecule has 0 radical (unpaired) electrons. The second-order valence-corrected chi connectivity index (χ2v) is 7.19. The van der Waals surface area contributed by atoms with Gasteiger partial charge in [0.15, 0.2) is 12.4 Å². The first kappa shape index (κ1) is 19.1. The number of aromatic nitrogens is 2. The van der Waals surface area contributed by atoms with Gasteiger partial charge in [-0.25, -0.2) is 0 Å². The standard InChI is InChI=1S/C17H28N4O2.ClH/c1-10-17(11(2)21(3)20-10)23-9-15(22)19-16-12-5-4-6-13(16)8-14(18)7-12;/h12-14,16H,4-9,18H2,1-3H3,(H,19,22);1H. The zero-order chi connectivity index (χ0) is 16.6. The molecule has 0 aromatic carbocycles. The number of amides is 1. The average molecular weight is 357 g/mol. The van der Waals surface area contributed by atoms with E-state index < -0.39 is 0 Å². The molecule has 3 rings (SSSR count). The predicted octanol–water partition coefficient (Wildman–Crippen LogP) is 1.86. The van der Waals surface area contributed by atoms with Crippen LogP contribution >= 0.6 is 12.4 Å². The Labute approximate surface area is 149 Å². The molecule has 2 fully saturated rings. The van der Waals surface area contributed by atoms with E-state index in [0.717, 1.165) is 24.2 Å². The lowest BCUT2D eigenvalue weighted by Crippen LogP contribution is -2.54. The first-order valence-corrected chi connectivity index (χ1v) is 8.63. The summed E-state index contributed by atoms with van der Waals surface area (Å²) >= 11 is 0. The van der Waals surface area contributed by atoms with Crippen LogP contribution in [0.15, 0.2) is 0 Å². The summed E-state index contributed by atoms with van der Waals surface area (Å²) in [5.41, 5.74) is 7.90. The molecule has 1 aromatic rings. The molecular formula is C17H29ClN4O2. The van der Waals surface area contributed by atoms with Crippen LogP contribution in [0, 0.1) is 25.7 Å². The molecule has 3 N–H and O–H groups in total. The molecule has 1 heterocycles. The highest BCUT2D eigenvalue weighted by Gasteiger charge is 2.39. The summed E-state index contributed by atoms with van der Waals surface area (Å²) in [6, 6.07) is 0.575. The molecule has 0 saturated heterocycles. The van der Waals surface area contributed by atoms with E-state index in [2.05, 4.69) is 10.4 Å². The van der Waals surface area contributed by atoms with E-state index in [1.165, 1.54) is 19.3 Å². The van der Waals surface area contributed by atoms with Gasteiger partial charge >= 0.3 is 0 Å². The molecule has 1 aromatic heterocycles. The van der Waals surface area contributed by atoms with Crippen molar-refractivity contribution in [1.82, 2.24) is 15.1 Å². The van der Waals surface area contributed by atoms with Crippen LogP contribution in [0.25, 0.3) is 0 Å². The number of carbonyl (C=O) groups excluding carboxylic acids is 1. The minimum absolute atomic E-state index is 0. The molecule has 2 aliphatic rings. The van der Waals surface area contributed by atoms with Gasteiger partial charge in [-0.2, -0.15) is 5.10 Å². The fraction of sp³-hybridized carbons (Fsp3) is 0.765. The van der Waals surface area contributed by atoms with Crippen LogP contribution in [-0.4, -0.2) is 34.4 Å². The lowest BCUT2D eigenvalue weighted by Gasteiger charge is -2.45. The van der Waals surface area contributed by atoms with Crippen molar-refractivity contribution in [2.75, 3.05) is 6.61 Å². The van der Waals surface area contributed by atoms with Crippen molar-refractivity contribution in [2.45, 2.75) is 58.0 Å². The smallest absolute Gasteiger partial charge is 0.258 e. The van der Waals surface area contributed by atoms with Gasteiger partial charge in [0, 0.05) is 19.1 Å². The minimum Gasteiger partial charge on any atom is -0.480 e. The van der Waals surface area contributed by atoms with Gasteiger partial charge in [0.05, 0.1) is 5.69 Å². The molecule has 2 aliphatic carbocycles. The third-order valence-corrected chi connectivity index (χ3v) is 5.49. The summed E-state index contributed by atoms with van der Waals surface area (Å²) in [7, 11) is 1.88. The number of carbonyl (C=O) groups is 1. The first-order chi connectivity index (χ1) is 11.0. The van der Waals surface area contributed by atoms with E-state index in [9.17, 15) is 4.79 Å². The lowest BCUT2D eigenvalue weighted by atomic mass is 9.67. The fourth-order valence-corrected chi connectivity index (χ4v) is 4.35. The lowest BCUT2D eigenvalue weighted by molar-refractivity contribution is -0.125. The van der Waals surface area contributed by atoms with E-state index in [1.807, 2.05) is 20.9 Å². The Morgan fingerprint density at radius 2 is 1.96 bits per heavy atom. The number of hydrogen-bond acceptors (Lipinski definition) is 4. The van der Waals surface area contributed by atoms with Crippen molar-refractivity contribution in [1.29, 1.82) is 0 Å². The molecular weight excluding hydrogens is 328 g/mol. The SMILES string of the molecule is Cc1nn(C)c(C)c1OCC(=O)NC1C2CCCC1CC(N)C2.Cl. The Bertz CT molecular complexity index is 575. The van der Waals surface area contributed by atoms with Crippen LogP contribution in [0.4, 0.5) is 0 Å². The maximum atomic E-state index is 12.3. The molecule has 2 atom stereocenters. The van der Waals surface area contributed by atoms with Gasteiger partial charge < -0.3 is 15.8 Å². The average Bonchev–Trinajstić information content (AvgIpc) is 2.71. The van der Waals surface area contributed by atoms with Gasteiger partial charge in [-0.15, -0.1) is 12.4 Å². The van der Waals surface area contributed by atoms with Crippen molar-refractivity contribution in [2.24, 2.45) is 24.6 Å². The normalized spacial score (nSPS) is 28.8. The largest absolute Gasteiger partial charge is 0.480 e. The summed E-state index contributed by atoms with van der Waals surface area (Å²) < 4.78 is 7.49. The molecule has 2 saturated carbocycles. The Morgan fingerprint density at radius 1 is 1.33 bits per heavy atom. The van der Waals surface area contributed by atoms with E-state index in [0.29, 0.717) is 23.6 Å². The number of aryl methyl sites for hydroxylation is 2.